The fraction of sp³-hybridized carbons (Fsp3) is 0.625. The lowest BCUT2D eigenvalue weighted by Gasteiger charge is -2.24. The fourth-order valence-corrected chi connectivity index (χ4v) is 3.25. The van der Waals surface area contributed by atoms with E-state index >= 15 is 0 Å². The maximum Gasteiger partial charge on any atom is 0.385 e. The molecule has 0 saturated heterocycles. The maximum absolute atomic E-state index is 12.7. The molecule has 5 nitrogen and oxygen atoms in total. The Morgan fingerprint density at radius 2 is 1.38 bits per heavy atom. The Morgan fingerprint density at radius 1 is 0.966 bits per heavy atom. The van der Waals surface area contributed by atoms with Crippen LogP contribution in [0.4, 0.5) is 0 Å². The van der Waals surface area contributed by atoms with Crippen LogP contribution in [-0.4, -0.2) is 23.0 Å². The molecule has 0 aromatic carbocycles. The summed E-state index contributed by atoms with van der Waals surface area (Å²) in [4.78, 5) is 24.3. The van der Waals surface area contributed by atoms with Gasteiger partial charge in [0, 0.05) is 4.92 Å². The van der Waals surface area contributed by atoms with Gasteiger partial charge in [-0.15, -0.1) is 13.2 Å². The van der Waals surface area contributed by atoms with Gasteiger partial charge in [-0.05, 0) is 73.1 Å². The third-order valence-electron chi connectivity index (χ3n) is 4.75. The van der Waals surface area contributed by atoms with Crippen molar-refractivity contribution in [2.75, 3.05) is 6.61 Å². The lowest BCUT2D eigenvalue weighted by molar-refractivity contribution is -0.554. The molecule has 0 aliphatic rings. The zero-order chi connectivity index (χ0) is 22.4. The van der Waals surface area contributed by atoms with E-state index < -0.39 is 16.4 Å². The summed E-state index contributed by atoms with van der Waals surface area (Å²) in [7, 11) is 0. The Balaban J connectivity index is 5.43. The van der Waals surface area contributed by atoms with E-state index in [0.29, 0.717) is 0 Å². The lowest BCUT2D eigenvalue weighted by atomic mass is 9.84. The van der Waals surface area contributed by atoms with Crippen molar-refractivity contribution in [1.82, 2.24) is 0 Å². The van der Waals surface area contributed by atoms with Gasteiger partial charge in [0.25, 0.3) is 0 Å². The minimum atomic E-state index is -1.78. The number of esters is 1. The first kappa shape index (κ1) is 26.8. The van der Waals surface area contributed by atoms with Gasteiger partial charge < -0.3 is 4.74 Å². The Labute approximate surface area is 176 Å². The van der Waals surface area contributed by atoms with Crippen LogP contribution in [0.25, 0.3) is 0 Å². The average Bonchev–Trinajstić information content (AvgIpc) is 2.61. The molecule has 0 rings (SSSR count). The number of carbonyl (C=O) groups is 1. The Morgan fingerprint density at radius 3 is 1.69 bits per heavy atom. The number of nitro groups is 1. The summed E-state index contributed by atoms with van der Waals surface area (Å²) in [5.41, 5.74) is 2.14. The molecule has 0 heterocycles. The Hall–Kier alpha value is -2.17. The first-order valence-electron chi connectivity index (χ1n) is 10.5. The minimum absolute atomic E-state index is 0.0584. The SMILES string of the molecule is C=C(C)CCCC=C(C)CC(CC(C)=CCCCC(=C)C)(C(=O)OCC)[N+](=O)[O-]. The molecule has 0 aliphatic heterocycles. The highest BCUT2D eigenvalue weighted by Gasteiger charge is 2.52. The summed E-state index contributed by atoms with van der Waals surface area (Å²) in [5, 5.41) is 12.1. The van der Waals surface area contributed by atoms with Crippen molar-refractivity contribution in [3.8, 4) is 0 Å². The van der Waals surface area contributed by atoms with E-state index in [1.54, 1.807) is 6.92 Å². The van der Waals surface area contributed by atoms with E-state index in [9.17, 15) is 14.9 Å². The van der Waals surface area contributed by atoms with Crippen molar-refractivity contribution in [1.29, 1.82) is 0 Å². The largest absolute Gasteiger partial charge is 0.461 e. The maximum atomic E-state index is 12.7. The van der Waals surface area contributed by atoms with Gasteiger partial charge in [0.1, 0.15) is 0 Å². The van der Waals surface area contributed by atoms with Gasteiger partial charge >= 0.3 is 11.5 Å². The van der Waals surface area contributed by atoms with E-state index in [-0.39, 0.29) is 19.4 Å². The standard InChI is InChI=1S/C24H39NO4/c1-8-29-23(26)24(25(27)28,17-21(6)15-11-9-13-19(2)3)18-22(7)16-12-10-14-20(4)5/h15-16H,2,4,8-14,17-18H2,1,3,5-7H3. The van der Waals surface area contributed by atoms with Crippen molar-refractivity contribution < 1.29 is 14.5 Å². The highest BCUT2D eigenvalue weighted by molar-refractivity contribution is 5.80. The number of carbonyl (C=O) groups excluding carboxylic acids is 1. The van der Waals surface area contributed by atoms with E-state index in [1.807, 2.05) is 39.8 Å². The van der Waals surface area contributed by atoms with Crippen molar-refractivity contribution >= 4 is 5.97 Å². The zero-order valence-electron chi connectivity index (χ0n) is 19.0. The smallest absolute Gasteiger partial charge is 0.385 e. The third kappa shape index (κ3) is 10.8. The molecule has 164 valence electrons. The molecule has 0 N–H and O–H groups in total. The van der Waals surface area contributed by atoms with Gasteiger partial charge in [-0.3, -0.25) is 10.1 Å². The molecule has 0 unspecified atom stereocenters. The fourth-order valence-electron chi connectivity index (χ4n) is 3.25. The molecule has 0 bridgehead atoms. The highest BCUT2D eigenvalue weighted by atomic mass is 16.6. The van der Waals surface area contributed by atoms with E-state index in [4.69, 9.17) is 4.74 Å². The molecule has 0 aliphatic carbocycles. The predicted octanol–water partition coefficient (Wildman–Crippen LogP) is 6.73. The second-order valence-corrected chi connectivity index (χ2v) is 8.16. The number of unbranched alkanes of at least 4 members (excludes halogenated alkanes) is 2. The number of allylic oxidation sites excluding steroid dienone is 4. The zero-order valence-corrected chi connectivity index (χ0v) is 19.0. The molecule has 29 heavy (non-hydrogen) atoms. The van der Waals surface area contributed by atoms with Crippen LogP contribution in [0.3, 0.4) is 0 Å². The summed E-state index contributed by atoms with van der Waals surface area (Å²) in [6.45, 7) is 17.2. The quantitative estimate of drug-likeness (QED) is 0.0995. The molecule has 0 aromatic heterocycles. The Kier molecular flexibility index (Phi) is 12.9. The van der Waals surface area contributed by atoms with Crippen LogP contribution in [-0.2, 0) is 9.53 Å². The highest BCUT2D eigenvalue weighted by Crippen LogP contribution is 2.30. The Bertz CT molecular complexity index is 605. The summed E-state index contributed by atoms with van der Waals surface area (Å²) in [6.07, 6.45) is 9.46. The topological polar surface area (TPSA) is 69.4 Å². The third-order valence-corrected chi connectivity index (χ3v) is 4.75. The van der Waals surface area contributed by atoms with E-state index in [0.717, 1.165) is 60.8 Å². The van der Waals surface area contributed by atoms with Crippen LogP contribution in [0.1, 0.15) is 86.0 Å². The predicted molar refractivity (Wildman–Crippen MR) is 120 cm³/mol. The molecule has 0 fully saturated rings. The summed E-state index contributed by atoms with van der Waals surface area (Å²) in [5.74, 6) is -0.755. The number of nitrogens with zero attached hydrogens (tertiary/aromatic N) is 1. The average molecular weight is 406 g/mol. The van der Waals surface area contributed by atoms with Crippen LogP contribution in [0, 0.1) is 10.1 Å². The van der Waals surface area contributed by atoms with Gasteiger partial charge in [-0.1, -0.05) is 34.4 Å². The lowest BCUT2D eigenvalue weighted by Crippen LogP contribution is -2.48. The number of rotatable bonds is 15. The number of hydrogen-bond acceptors (Lipinski definition) is 4. The molecular weight excluding hydrogens is 366 g/mol. The summed E-state index contributed by atoms with van der Waals surface area (Å²) < 4.78 is 5.13. The van der Waals surface area contributed by atoms with Crippen molar-refractivity contribution in [3.63, 3.8) is 0 Å². The summed E-state index contributed by atoms with van der Waals surface area (Å²) in [6, 6.07) is 0. The van der Waals surface area contributed by atoms with Crippen LogP contribution >= 0.6 is 0 Å². The van der Waals surface area contributed by atoms with E-state index in [2.05, 4.69) is 13.2 Å². The first-order chi connectivity index (χ1) is 13.5. The van der Waals surface area contributed by atoms with Crippen molar-refractivity contribution in [2.45, 2.75) is 91.5 Å². The first-order valence-corrected chi connectivity index (χ1v) is 10.5. The number of ether oxygens (including phenoxy) is 1. The van der Waals surface area contributed by atoms with Crippen molar-refractivity contribution in [3.05, 3.63) is 57.7 Å². The molecule has 0 aromatic rings. The van der Waals surface area contributed by atoms with E-state index in [1.165, 1.54) is 0 Å². The molecular formula is C24H39NO4. The van der Waals surface area contributed by atoms with Crippen LogP contribution in [0.15, 0.2) is 47.6 Å². The molecule has 5 heteroatoms. The van der Waals surface area contributed by atoms with Gasteiger partial charge in [0.15, 0.2) is 0 Å². The van der Waals surface area contributed by atoms with Crippen LogP contribution < -0.4 is 0 Å². The summed E-state index contributed by atoms with van der Waals surface area (Å²) >= 11 is 0. The van der Waals surface area contributed by atoms with Gasteiger partial charge in [-0.2, -0.15) is 0 Å². The van der Waals surface area contributed by atoms with Gasteiger partial charge in [0.2, 0.25) is 0 Å². The monoisotopic (exact) mass is 405 g/mol. The number of hydrogen-bond donors (Lipinski definition) is 0. The molecule has 0 atom stereocenters. The van der Waals surface area contributed by atoms with Crippen LogP contribution in [0.5, 0.6) is 0 Å². The van der Waals surface area contributed by atoms with Gasteiger partial charge in [0.05, 0.1) is 19.4 Å². The molecule has 0 spiro atoms. The second kappa shape index (κ2) is 13.9. The normalized spacial score (nSPS) is 14.2. The molecule has 0 saturated carbocycles. The molecule has 0 radical (unpaired) electrons. The second-order valence-electron chi connectivity index (χ2n) is 8.16. The van der Waals surface area contributed by atoms with Gasteiger partial charge in [-0.25, -0.2) is 4.79 Å². The minimum Gasteiger partial charge on any atom is -0.461 e. The molecule has 0 amide bonds. The van der Waals surface area contributed by atoms with Crippen LogP contribution in [0.2, 0.25) is 0 Å². The van der Waals surface area contributed by atoms with Crippen molar-refractivity contribution in [2.24, 2.45) is 0 Å².